The molecular formula is C5H10BNO3S2. The summed E-state index contributed by atoms with van der Waals surface area (Å²) in [5, 5.41) is 0. The second kappa shape index (κ2) is 9.24. The first-order valence-electron chi connectivity index (χ1n) is 3.19. The van der Waals surface area contributed by atoms with Gasteiger partial charge in [0.2, 0.25) is 5.91 Å². The minimum atomic E-state index is -0.470. The fourth-order valence-corrected chi connectivity index (χ4v) is 1.02. The lowest BCUT2D eigenvalue weighted by molar-refractivity contribution is -0.122. The van der Waals surface area contributed by atoms with Crippen LogP contribution in [-0.2, 0) is 14.3 Å². The number of hydrogen-bond donors (Lipinski definition) is 1. The molecule has 0 aromatic rings. The van der Waals surface area contributed by atoms with Crippen LogP contribution in [0.5, 0.6) is 0 Å². The molecule has 4 nitrogen and oxygen atoms in total. The zero-order chi connectivity index (χ0) is 9.23. The van der Waals surface area contributed by atoms with E-state index < -0.39 is 5.91 Å². The normalized spacial score (nSPS) is 10.0. The standard InChI is InChI=1S/C5H10BNO3S2/c6-12-11-4-10-2-1-9-3-5(7)8/h1-4H2,(H2,7,8). The number of carbonyl (C=O) groups is 1. The van der Waals surface area contributed by atoms with Crippen LogP contribution in [0.1, 0.15) is 0 Å². The van der Waals surface area contributed by atoms with E-state index in [0.717, 1.165) is 10.6 Å². The summed E-state index contributed by atoms with van der Waals surface area (Å²) in [7, 11) is 7.66. The van der Waals surface area contributed by atoms with Crippen molar-refractivity contribution in [1.82, 2.24) is 0 Å². The van der Waals surface area contributed by atoms with E-state index in [2.05, 4.69) is 0 Å². The van der Waals surface area contributed by atoms with Gasteiger partial charge in [-0.2, -0.15) is 10.6 Å². The molecule has 0 saturated carbocycles. The third kappa shape index (κ3) is 10.2. The number of carbonyl (C=O) groups excluding carboxylic acids is 1. The summed E-state index contributed by atoms with van der Waals surface area (Å²) in [5.41, 5.74) is 4.83. The summed E-state index contributed by atoms with van der Waals surface area (Å²) in [4.78, 5) is 10.2. The zero-order valence-corrected chi connectivity index (χ0v) is 8.16. The van der Waals surface area contributed by atoms with Gasteiger partial charge in [0.25, 0.3) is 0 Å². The highest BCUT2D eigenvalue weighted by Crippen LogP contribution is 2.14. The maximum atomic E-state index is 10.2. The van der Waals surface area contributed by atoms with E-state index in [1.807, 2.05) is 0 Å². The summed E-state index contributed by atoms with van der Waals surface area (Å²) in [5.74, 6) is 0.0445. The summed E-state index contributed by atoms with van der Waals surface area (Å²) in [6, 6.07) is 0. The van der Waals surface area contributed by atoms with Gasteiger partial charge in [-0.15, -0.1) is 0 Å². The van der Waals surface area contributed by atoms with Crippen molar-refractivity contribution in [3.63, 3.8) is 0 Å². The van der Waals surface area contributed by atoms with Crippen LogP contribution in [0.25, 0.3) is 0 Å². The lowest BCUT2D eigenvalue weighted by Gasteiger charge is -2.02. The molecule has 1 amide bonds. The quantitative estimate of drug-likeness (QED) is 0.261. The van der Waals surface area contributed by atoms with Crippen molar-refractivity contribution in [1.29, 1.82) is 0 Å². The minimum Gasteiger partial charge on any atom is -0.369 e. The molecule has 68 valence electrons. The molecule has 0 saturated heterocycles. The molecule has 0 aliphatic carbocycles. The Morgan fingerprint density at radius 3 is 2.67 bits per heavy atom. The SMILES string of the molecule is [B]SSCOCCOCC(N)=O. The van der Waals surface area contributed by atoms with Crippen LogP contribution in [0.2, 0.25) is 0 Å². The van der Waals surface area contributed by atoms with Crippen molar-refractivity contribution < 1.29 is 14.3 Å². The number of primary amides is 1. The number of amides is 1. The molecule has 2 N–H and O–H groups in total. The van der Waals surface area contributed by atoms with Gasteiger partial charge in [-0.1, -0.05) is 10.8 Å². The molecule has 0 rings (SSSR count). The molecule has 0 aliphatic heterocycles. The van der Waals surface area contributed by atoms with Crippen molar-refractivity contribution in [3.8, 4) is 0 Å². The Labute approximate surface area is 80.6 Å². The highest BCUT2D eigenvalue weighted by atomic mass is 33.1. The van der Waals surface area contributed by atoms with Gasteiger partial charge in [0.1, 0.15) is 12.5 Å². The highest BCUT2D eigenvalue weighted by molar-refractivity contribution is 8.84. The van der Waals surface area contributed by atoms with Crippen LogP contribution in [0, 0.1) is 0 Å². The van der Waals surface area contributed by atoms with E-state index in [-0.39, 0.29) is 6.61 Å². The van der Waals surface area contributed by atoms with Crippen molar-refractivity contribution in [2.24, 2.45) is 5.73 Å². The van der Waals surface area contributed by atoms with Gasteiger partial charge >= 0.3 is 0 Å². The van der Waals surface area contributed by atoms with Crippen LogP contribution in [0.4, 0.5) is 0 Å². The Morgan fingerprint density at radius 2 is 2.08 bits per heavy atom. The average molecular weight is 207 g/mol. The van der Waals surface area contributed by atoms with E-state index in [4.69, 9.17) is 22.3 Å². The largest absolute Gasteiger partial charge is 0.369 e. The molecule has 0 unspecified atom stereocenters. The second-order valence-corrected chi connectivity index (χ2v) is 3.71. The van der Waals surface area contributed by atoms with Crippen molar-refractivity contribution in [2.75, 3.05) is 25.8 Å². The number of nitrogens with two attached hydrogens (primary N) is 1. The molecule has 12 heavy (non-hydrogen) atoms. The Balaban J connectivity index is 2.86. The Bertz CT molecular complexity index is 127. The number of hydrogen-bond acceptors (Lipinski definition) is 5. The fourth-order valence-electron chi connectivity index (χ4n) is 0.411. The Kier molecular flexibility index (Phi) is 9.36. The van der Waals surface area contributed by atoms with Crippen LogP contribution in [0.15, 0.2) is 0 Å². The molecule has 0 aromatic carbocycles. The molecule has 0 bridgehead atoms. The van der Waals surface area contributed by atoms with Gasteiger partial charge in [-0.3, -0.25) is 4.79 Å². The summed E-state index contributed by atoms with van der Waals surface area (Å²) >= 11 is 0. The van der Waals surface area contributed by atoms with Crippen molar-refractivity contribution >= 4 is 34.5 Å². The maximum absolute atomic E-state index is 10.2. The van der Waals surface area contributed by atoms with Gasteiger partial charge in [0, 0.05) is 0 Å². The van der Waals surface area contributed by atoms with Gasteiger partial charge in [-0.05, 0) is 0 Å². The predicted molar refractivity (Wildman–Crippen MR) is 51.8 cm³/mol. The van der Waals surface area contributed by atoms with Crippen LogP contribution in [-0.4, -0.2) is 38.8 Å². The van der Waals surface area contributed by atoms with E-state index in [1.165, 1.54) is 10.8 Å². The second-order valence-electron chi connectivity index (χ2n) is 1.76. The topological polar surface area (TPSA) is 61.6 Å². The lowest BCUT2D eigenvalue weighted by Crippen LogP contribution is -2.19. The smallest absolute Gasteiger partial charge is 0.243 e. The van der Waals surface area contributed by atoms with Gasteiger partial charge < -0.3 is 15.2 Å². The minimum absolute atomic E-state index is 0.0534. The van der Waals surface area contributed by atoms with Gasteiger partial charge in [-0.25, -0.2) is 0 Å². The molecule has 0 fully saturated rings. The van der Waals surface area contributed by atoms with Crippen LogP contribution < -0.4 is 5.73 Å². The number of rotatable bonds is 8. The lowest BCUT2D eigenvalue weighted by atomic mass is 10.7. The predicted octanol–water partition coefficient (Wildman–Crippen LogP) is -0.0727. The van der Waals surface area contributed by atoms with Gasteiger partial charge in [0.15, 0.2) is 7.12 Å². The Hall–Kier alpha value is 0.155. The number of ether oxygens (including phenoxy) is 2. The Morgan fingerprint density at radius 1 is 1.42 bits per heavy atom. The molecule has 7 heteroatoms. The molecule has 2 radical (unpaired) electrons. The first-order valence-corrected chi connectivity index (χ1v) is 5.57. The monoisotopic (exact) mass is 207 g/mol. The summed E-state index contributed by atoms with van der Waals surface area (Å²) in [6.45, 7) is 0.766. The molecule has 0 atom stereocenters. The van der Waals surface area contributed by atoms with E-state index >= 15 is 0 Å². The maximum Gasteiger partial charge on any atom is 0.243 e. The van der Waals surface area contributed by atoms with Crippen LogP contribution >= 0.6 is 21.4 Å². The first kappa shape index (κ1) is 12.2. The van der Waals surface area contributed by atoms with E-state index in [1.54, 1.807) is 0 Å². The summed E-state index contributed by atoms with van der Waals surface area (Å²) in [6.07, 6.45) is 0. The third-order valence-corrected chi connectivity index (χ3v) is 1.91. The third-order valence-electron chi connectivity index (χ3n) is 0.816. The average Bonchev–Trinajstić information content (AvgIpc) is 2.02. The van der Waals surface area contributed by atoms with Crippen molar-refractivity contribution in [2.45, 2.75) is 0 Å². The molecule has 0 heterocycles. The highest BCUT2D eigenvalue weighted by Gasteiger charge is 1.93. The first-order chi connectivity index (χ1) is 5.77. The van der Waals surface area contributed by atoms with Gasteiger partial charge in [0.05, 0.1) is 13.2 Å². The molecule has 0 aliphatic rings. The summed E-state index contributed by atoms with van der Waals surface area (Å²) < 4.78 is 9.87. The molecular weight excluding hydrogens is 197 g/mol. The van der Waals surface area contributed by atoms with Crippen molar-refractivity contribution in [3.05, 3.63) is 0 Å². The van der Waals surface area contributed by atoms with Crippen LogP contribution in [0.3, 0.4) is 0 Å². The zero-order valence-electron chi connectivity index (χ0n) is 6.52. The molecule has 0 aromatic heterocycles. The van der Waals surface area contributed by atoms with E-state index in [9.17, 15) is 4.79 Å². The molecule has 0 spiro atoms. The fraction of sp³-hybridized carbons (Fsp3) is 0.800. The van der Waals surface area contributed by atoms with E-state index in [0.29, 0.717) is 19.2 Å².